The molecule has 0 atom stereocenters. The molecule has 0 radical (unpaired) electrons. The number of fused-ring (bicyclic) bond motifs is 1. The lowest BCUT2D eigenvalue weighted by Crippen LogP contribution is -2.25. The molecule has 0 aliphatic heterocycles. The van der Waals surface area contributed by atoms with Crippen molar-refractivity contribution < 1.29 is 9.18 Å². The third kappa shape index (κ3) is 2.64. The highest BCUT2D eigenvalue weighted by Gasteiger charge is 2.23. The summed E-state index contributed by atoms with van der Waals surface area (Å²) in [6.07, 6.45) is 3.96. The fourth-order valence-electron chi connectivity index (χ4n) is 2.76. The van der Waals surface area contributed by atoms with Crippen molar-refractivity contribution in [1.82, 2.24) is 20.1 Å². The smallest absolute Gasteiger partial charge is 0.252 e. The summed E-state index contributed by atoms with van der Waals surface area (Å²) in [6, 6.07) is 8.07. The van der Waals surface area contributed by atoms with E-state index in [4.69, 9.17) is 0 Å². The minimum absolute atomic E-state index is 0.167. The standard InChI is InChI=1S/C18H17FN4O/c1-23-17-14(10-21-23)13(18(24)20-9-11-6-7-11)8-16(22-17)12-4-2-3-5-15(12)19/h2-5,8,10-11H,6-7,9H2,1H3,(H,20,24). The van der Waals surface area contributed by atoms with Gasteiger partial charge in [-0.15, -0.1) is 0 Å². The minimum atomic E-state index is -0.365. The fraction of sp³-hybridized carbons (Fsp3) is 0.278. The van der Waals surface area contributed by atoms with E-state index in [1.165, 1.54) is 18.9 Å². The molecule has 1 N–H and O–H groups in total. The molecule has 0 unspecified atom stereocenters. The van der Waals surface area contributed by atoms with Crippen LogP contribution in [0, 0.1) is 11.7 Å². The van der Waals surface area contributed by atoms with Gasteiger partial charge < -0.3 is 5.32 Å². The summed E-state index contributed by atoms with van der Waals surface area (Å²) in [7, 11) is 1.76. The molecule has 0 saturated heterocycles. The van der Waals surface area contributed by atoms with Crippen molar-refractivity contribution in [2.24, 2.45) is 13.0 Å². The van der Waals surface area contributed by atoms with Gasteiger partial charge in [0, 0.05) is 19.2 Å². The van der Waals surface area contributed by atoms with Gasteiger partial charge in [0.1, 0.15) is 5.82 Å². The van der Waals surface area contributed by atoms with Gasteiger partial charge >= 0.3 is 0 Å². The highest BCUT2D eigenvalue weighted by molar-refractivity contribution is 6.06. The molecule has 0 bridgehead atoms. The lowest BCUT2D eigenvalue weighted by molar-refractivity contribution is 0.0953. The van der Waals surface area contributed by atoms with Crippen LogP contribution in [-0.4, -0.2) is 27.2 Å². The van der Waals surface area contributed by atoms with Gasteiger partial charge in [0.25, 0.3) is 5.91 Å². The second kappa shape index (κ2) is 5.70. The van der Waals surface area contributed by atoms with Crippen LogP contribution in [0.25, 0.3) is 22.3 Å². The van der Waals surface area contributed by atoms with Crippen LogP contribution in [0.5, 0.6) is 0 Å². The van der Waals surface area contributed by atoms with Crippen molar-refractivity contribution in [3.05, 3.63) is 47.9 Å². The Balaban J connectivity index is 1.82. The summed E-state index contributed by atoms with van der Waals surface area (Å²) in [6.45, 7) is 0.679. The molecule has 1 fully saturated rings. The number of halogens is 1. The molecule has 0 spiro atoms. The quantitative estimate of drug-likeness (QED) is 0.803. The zero-order valence-corrected chi connectivity index (χ0v) is 13.3. The van der Waals surface area contributed by atoms with Crippen molar-refractivity contribution in [2.75, 3.05) is 6.54 Å². The summed E-state index contributed by atoms with van der Waals surface area (Å²) in [5, 5.41) is 7.81. The van der Waals surface area contributed by atoms with Crippen LogP contribution >= 0.6 is 0 Å². The van der Waals surface area contributed by atoms with Crippen molar-refractivity contribution in [1.29, 1.82) is 0 Å². The number of carbonyl (C=O) groups is 1. The van der Waals surface area contributed by atoms with Crippen LogP contribution in [0.4, 0.5) is 4.39 Å². The first-order valence-corrected chi connectivity index (χ1v) is 7.99. The van der Waals surface area contributed by atoms with E-state index < -0.39 is 0 Å². The molecule has 2 aromatic heterocycles. The average molecular weight is 324 g/mol. The van der Waals surface area contributed by atoms with Crippen LogP contribution in [0.15, 0.2) is 36.5 Å². The molecule has 1 saturated carbocycles. The molecule has 1 aromatic carbocycles. The van der Waals surface area contributed by atoms with Crippen LogP contribution in [-0.2, 0) is 7.05 Å². The predicted molar refractivity (Wildman–Crippen MR) is 89.0 cm³/mol. The third-order valence-corrected chi connectivity index (χ3v) is 4.35. The number of pyridine rings is 1. The molecule has 1 aliphatic rings. The van der Waals surface area contributed by atoms with E-state index in [2.05, 4.69) is 15.4 Å². The first-order chi connectivity index (χ1) is 11.6. The van der Waals surface area contributed by atoms with E-state index in [1.807, 2.05) is 0 Å². The summed E-state index contributed by atoms with van der Waals surface area (Å²) < 4.78 is 15.7. The van der Waals surface area contributed by atoms with Gasteiger partial charge in [-0.1, -0.05) is 12.1 Å². The monoisotopic (exact) mass is 324 g/mol. The second-order valence-corrected chi connectivity index (χ2v) is 6.19. The molecule has 2 heterocycles. The molecule has 6 heteroatoms. The molecule has 3 aromatic rings. The van der Waals surface area contributed by atoms with Crippen LogP contribution < -0.4 is 5.32 Å². The predicted octanol–water partition coefficient (Wildman–Crippen LogP) is 2.91. The van der Waals surface area contributed by atoms with Gasteiger partial charge in [0.15, 0.2) is 5.65 Å². The maximum Gasteiger partial charge on any atom is 0.252 e. The number of hydrogen-bond acceptors (Lipinski definition) is 3. The Morgan fingerprint density at radius 2 is 2.17 bits per heavy atom. The third-order valence-electron chi connectivity index (χ3n) is 4.35. The van der Waals surface area contributed by atoms with Crippen molar-refractivity contribution in [3.63, 3.8) is 0 Å². The molecule has 122 valence electrons. The Labute approximate surface area is 138 Å². The maximum absolute atomic E-state index is 14.1. The van der Waals surface area contributed by atoms with Crippen LogP contribution in [0.2, 0.25) is 0 Å². The lowest BCUT2D eigenvalue weighted by Gasteiger charge is -2.09. The van der Waals surface area contributed by atoms with Gasteiger partial charge in [-0.3, -0.25) is 9.48 Å². The number of benzene rings is 1. The second-order valence-electron chi connectivity index (χ2n) is 6.19. The summed E-state index contributed by atoms with van der Waals surface area (Å²) in [5.74, 6) is 0.0574. The lowest BCUT2D eigenvalue weighted by atomic mass is 10.1. The highest BCUT2D eigenvalue weighted by Crippen LogP contribution is 2.29. The van der Waals surface area contributed by atoms with Gasteiger partial charge in [0.2, 0.25) is 0 Å². The zero-order chi connectivity index (χ0) is 16.7. The number of aryl methyl sites for hydroxylation is 1. The number of amides is 1. The highest BCUT2D eigenvalue weighted by atomic mass is 19.1. The summed E-state index contributed by atoms with van der Waals surface area (Å²) >= 11 is 0. The average Bonchev–Trinajstić information content (AvgIpc) is 3.35. The van der Waals surface area contributed by atoms with E-state index in [9.17, 15) is 9.18 Å². The molecular weight excluding hydrogens is 307 g/mol. The number of hydrogen-bond donors (Lipinski definition) is 1. The number of aromatic nitrogens is 3. The molecule has 1 amide bonds. The molecule has 5 nitrogen and oxygen atoms in total. The molecule has 1 aliphatic carbocycles. The Morgan fingerprint density at radius 3 is 2.92 bits per heavy atom. The SMILES string of the molecule is Cn1ncc2c(C(=O)NCC3CC3)cc(-c3ccccc3F)nc21. The van der Waals surface area contributed by atoms with Crippen molar-refractivity contribution in [2.45, 2.75) is 12.8 Å². The zero-order valence-electron chi connectivity index (χ0n) is 13.3. The molecule has 24 heavy (non-hydrogen) atoms. The number of nitrogens with zero attached hydrogens (tertiary/aromatic N) is 3. The first kappa shape index (κ1) is 14.8. The van der Waals surface area contributed by atoms with Gasteiger partial charge in [-0.25, -0.2) is 9.37 Å². The van der Waals surface area contributed by atoms with E-state index in [0.29, 0.717) is 40.3 Å². The Bertz CT molecular complexity index is 930. The van der Waals surface area contributed by atoms with Gasteiger partial charge in [-0.2, -0.15) is 5.10 Å². The maximum atomic E-state index is 14.1. The Morgan fingerprint density at radius 1 is 1.38 bits per heavy atom. The van der Waals surface area contributed by atoms with E-state index in [-0.39, 0.29) is 11.7 Å². The number of rotatable bonds is 4. The summed E-state index contributed by atoms with van der Waals surface area (Å²) in [4.78, 5) is 17.1. The molecular formula is C18H17FN4O. The summed E-state index contributed by atoms with van der Waals surface area (Å²) in [5.41, 5.74) is 1.84. The topological polar surface area (TPSA) is 59.8 Å². The Kier molecular flexibility index (Phi) is 3.52. The first-order valence-electron chi connectivity index (χ1n) is 7.99. The van der Waals surface area contributed by atoms with Crippen LogP contribution in [0.3, 0.4) is 0 Å². The largest absolute Gasteiger partial charge is 0.352 e. The van der Waals surface area contributed by atoms with E-state index in [0.717, 1.165) is 0 Å². The number of carbonyl (C=O) groups excluding carboxylic acids is 1. The Hall–Kier alpha value is -2.76. The van der Waals surface area contributed by atoms with Gasteiger partial charge in [-0.05, 0) is 37.0 Å². The fourth-order valence-corrected chi connectivity index (χ4v) is 2.76. The minimum Gasteiger partial charge on any atom is -0.352 e. The van der Waals surface area contributed by atoms with E-state index >= 15 is 0 Å². The normalized spacial score (nSPS) is 14.1. The molecule has 4 rings (SSSR count). The van der Waals surface area contributed by atoms with Crippen molar-refractivity contribution in [3.8, 4) is 11.3 Å². The number of nitrogens with one attached hydrogen (secondary N) is 1. The van der Waals surface area contributed by atoms with E-state index in [1.54, 1.807) is 42.2 Å². The van der Waals surface area contributed by atoms with Gasteiger partial charge in [0.05, 0.1) is 22.8 Å². The van der Waals surface area contributed by atoms with Crippen LogP contribution in [0.1, 0.15) is 23.2 Å². The van der Waals surface area contributed by atoms with Crippen molar-refractivity contribution >= 4 is 16.9 Å².